The number of benzene rings is 2. The zero-order valence-corrected chi connectivity index (χ0v) is 12.2. The number of piperidine rings is 1. The Kier molecular flexibility index (Phi) is 4.17. The van der Waals surface area contributed by atoms with Crippen molar-refractivity contribution in [3.63, 3.8) is 0 Å². The fourth-order valence-corrected chi connectivity index (χ4v) is 3.18. The van der Waals surface area contributed by atoms with Crippen LogP contribution < -0.4 is 5.32 Å². The lowest BCUT2D eigenvalue weighted by atomic mass is 9.87. The molecule has 1 N–H and O–H groups in total. The summed E-state index contributed by atoms with van der Waals surface area (Å²) in [6.07, 6.45) is 3.70. The molecule has 0 aliphatic carbocycles. The van der Waals surface area contributed by atoms with Gasteiger partial charge in [-0.1, -0.05) is 55.5 Å². The maximum absolute atomic E-state index is 3.52. The molecule has 0 amide bonds. The normalized spacial score (nSPS) is 18.9. The minimum Gasteiger partial charge on any atom is -0.316 e. The Labute approximate surface area is 122 Å². The van der Waals surface area contributed by atoms with E-state index in [-0.39, 0.29) is 0 Å². The highest BCUT2D eigenvalue weighted by Gasteiger charge is 2.16. The average Bonchev–Trinajstić information content (AvgIpc) is 2.56. The lowest BCUT2D eigenvalue weighted by Crippen LogP contribution is -2.28. The zero-order chi connectivity index (χ0) is 13.8. The number of hydrogen-bond acceptors (Lipinski definition) is 1. The van der Waals surface area contributed by atoms with Gasteiger partial charge in [-0.25, -0.2) is 0 Å². The quantitative estimate of drug-likeness (QED) is 0.868. The molecule has 0 bridgehead atoms. The largest absolute Gasteiger partial charge is 0.316 e. The molecule has 1 aliphatic rings. The van der Waals surface area contributed by atoms with Gasteiger partial charge in [0.05, 0.1) is 0 Å². The molecule has 1 heteroatoms. The van der Waals surface area contributed by atoms with E-state index in [0.29, 0.717) is 5.92 Å². The molecule has 1 saturated heterocycles. The summed E-state index contributed by atoms with van der Waals surface area (Å²) in [5.41, 5.74) is 5.70. The summed E-state index contributed by atoms with van der Waals surface area (Å²) in [6.45, 7) is 4.54. The first-order valence-corrected chi connectivity index (χ1v) is 7.77. The Hall–Kier alpha value is -1.60. The fraction of sp³-hybridized carbons (Fsp3) is 0.368. The second-order valence-electron chi connectivity index (χ2n) is 5.68. The topological polar surface area (TPSA) is 12.0 Å². The van der Waals surface area contributed by atoms with Crippen LogP contribution in [0.3, 0.4) is 0 Å². The van der Waals surface area contributed by atoms with E-state index in [1.54, 1.807) is 0 Å². The van der Waals surface area contributed by atoms with Crippen molar-refractivity contribution in [2.75, 3.05) is 13.1 Å². The van der Waals surface area contributed by atoms with E-state index in [9.17, 15) is 0 Å². The van der Waals surface area contributed by atoms with E-state index in [2.05, 4.69) is 60.8 Å². The van der Waals surface area contributed by atoms with Gasteiger partial charge in [0, 0.05) is 6.54 Å². The van der Waals surface area contributed by atoms with Crippen molar-refractivity contribution in [3.05, 3.63) is 59.7 Å². The van der Waals surface area contributed by atoms with Crippen LogP contribution in [0.25, 0.3) is 11.1 Å². The van der Waals surface area contributed by atoms with Crippen LogP contribution in [-0.2, 0) is 6.42 Å². The molecule has 1 fully saturated rings. The van der Waals surface area contributed by atoms with Crippen LogP contribution in [0.4, 0.5) is 0 Å². The minimum absolute atomic E-state index is 0.678. The van der Waals surface area contributed by atoms with Gasteiger partial charge >= 0.3 is 0 Å². The van der Waals surface area contributed by atoms with Gasteiger partial charge in [0.1, 0.15) is 0 Å². The Balaban J connectivity index is 1.98. The maximum atomic E-state index is 3.52. The molecule has 1 unspecified atom stereocenters. The Morgan fingerprint density at radius 3 is 2.65 bits per heavy atom. The smallest absolute Gasteiger partial charge is 0.00201 e. The number of nitrogens with one attached hydrogen (secondary N) is 1. The molecule has 0 saturated carbocycles. The third-order valence-corrected chi connectivity index (χ3v) is 4.37. The first kappa shape index (κ1) is 13.4. The highest BCUT2D eigenvalue weighted by molar-refractivity contribution is 5.68. The third kappa shape index (κ3) is 2.78. The van der Waals surface area contributed by atoms with E-state index in [0.717, 1.165) is 13.0 Å². The molecule has 2 aromatic rings. The van der Waals surface area contributed by atoms with Crippen LogP contribution in [0.5, 0.6) is 0 Å². The van der Waals surface area contributed by atoms with E-state index < -0.39 is 0 Å². The van der Waals surface area contributed by atoms with Gasteiger partial charge in [-0.2, -0.15) is 0 Å². The number of aryl methyl sites for hydroxylation is 1. The first-order valence-electron chi connectivity index (χ1n) is 7.77. The maximum Gasteiger partial charge on any atom is 0.00201 e. The van der Waals surface area contributed by atoms with E-state index in [4.69, 9.17) is 0 Å². The van der Waals surface area contributed by atoms with Gasteiger partial charge in [-0.05, 0) is 54.0 Å². The van der Waals surface area contributed by atoms with Crippen molar-refractivity contribution in [2.45, 2.75) is 32.1 Å². The van der Waals surface area contributed by atoms with E-state index >= 15 is 0 Å². The molecule has 20 heavy (non-hydrogen) atoms. The van der Waals surface area contributed by atoms with Crippen molar-refractivity contribution in [3.8, 4) is 11.1 Å². The molecule has 0 radical (unpaired) electrons. The van der Waals surface area contributed by atoms with Gasteiger partial charge in [0.25, 0.3) is 0 Å². The monoisotopic (exact) mass is 265 g/mol. The van der Waals surface area contributed by atoms with Crippen LogP contribution in [0.1, 0.15) is 36.8 Å². The molecule has 1 aliphatic heterocycles. The van der Waals surface area contributed by atoms with Crippen LogP contribution in [0.15, 0.2) is 48.5 Å². The summed E-state index contributed by atoms with van der Waals surface area (Å²) in [5.74, 6) is 0.678. The van der Waals surface area contributed by atoms with Crippen molar-refractivity contribution in [1.82, 2.24) is 5.32 Å². The molecule has 1 atom stereocenters. The summed E-state index contributed by atoms with van der Waals surface area (Å²) >= 11 is 0. The fourth-order valence-electron chi connectivity index (χ4n) is 3.18. The average molecular weight is 265 g/mol. The minimum atomic E-state index is 0.678. The molecule has 3 rings (SSSR count). The van der Waals surface area contributed by atoms with Crippen molar-refractivity contribution < 1.29 is 0 Å². The molecule has 1 nitrogen and oxygen atoms in total. The molecular formula is C19H23N. The summed E-state index contributed by atoms with van der Waals surface area (Å²) in [4.78, 5) is 0. The van der Waals surface area contributed by atoms with Gasteiger partial charge in [-0.15, -0.1) is 0 Å². The predicted molar refractivity (Wildman–Crippen MR) is 86.1 cm³/mol. The zero-order valence-electron chi connectivity index (χ0n) is 12.2. The lowest BCUT2D eigenvalue weighted by molar-refractivity contribution is 0.461. The Bertz CT molecular complexity index is 553. The molecule has 0 aromatic heterocycles. The Morgan fingerprint density at radius 1 is 1.10 bits per heavy atom. The van der Waals surface area contributed by atoms with Gasteiger partial charge in [-0.3, -0.25) is 0 Å². The Morgan fingerprint density at radius 2 is 1.95 bits per heavy atom. The van der Waals surface area contributed by atoms with Crippen molar-refractivity contribution in [1.29, 1.82) is 0 Å². The van der Waals surface area contributed by atoms with Gasteiger partial charge in [0.15, 0.2) is 0 Å². The number of rotatable bonds is 3. The van der Waals surface area contributed by atoms with Gasteiger partial charge in [0.2, 0.25) is 0 Å². The molecule has 1 heterocycles. The lowest BCUT2D eigenvalue weighted by Gasteiger charge is -2.24. The van der Waals surface area contributed by atoms with E-state index in [1.165, 1.54) is 41.6 Å². The van der Waals surface area contributed by atoms with Crippen LogP contribution >= 0.6 is 0 Å². The molecule has 104 valence electrons. The van der Waals surface area contributed by atoms with Crippen LogP contribution in [-0.4, -0.2) is 13.1 Å². The third-order valence-electron chi connectivity index (χ3n) is 4.37. The van der Waals surface area contributed by atoms with Crippen molar-refractivity contribution >= 4 is 0 Å². The summed E-state index contributed by atoms with van der Waals surface area (Å²) < 4.78 is 0. The highest BCUT2D eigenvalue weighted by Crippen LogP contribution is 2.30. The molecular weight excluding hydrogens is 242 g/mol. The highest BCUT2D eigenvalue weighted by atomic mass is 14.9. The van der Waals surface area contributed by atoms with Gasteiger partial charge < -0.3 is 5.32 Å². The second-order valence-corrected chi connectivity index (χ2v) is 5.68. The van der Waals surface area contributed by atoms with Crippen molar-refractivity contribution in [2.24, 2.45) is 0 Å². The summed E-state index contributed by atoms with van der Waals surface area (Å²) in [6, 6.07) is 17.9. The predicted octanol–water partition coefficient (Wildman–Crippen LogP) is 4.38. The molecule has 0 spiro atoms. The summed E-state index contributed by atoms with van der Waals surface area (Å²) in [7, 11) is 0. The first-order chi connectivity index (χ1) is 9.88. The standard InChI is InChI=1S/C19H23N/c1-2-15-10-11-17(18-9-6-12-20-14-18)13-19(15)16-7-4-3-5-8-16/h3-5,7-8,10-11,13,18,20H,2,6,9,12,14H2,1H3. The summed E-state index contributed by atoms with van der Waals surface area (Å²) in [5, 5.41) is 3.52. The SMILES string of the molecule is CCc1ccc(C2CCCNC2)cc1-c1ccccc1. The van der Waals surface area contributed by atoms with Crippen LogP contribution in [0.2, 0.25) is 0 Å². The molecule has 2 aromatic carbocycles. The second kappa shape index (κ2) is 6.23. The van der Waals surface area contributed by atoms with Crippen LogP contribution in [0, 0.1) is 0 Å². The number of hydrogen-bond donors (Lipinski definition) is 1. The van der Waals surface area contributed by atoms with E-state index in [1.807, 2.05) is 0 Å².